The van der Waals surface area contributed by atoms with Crippen molar-refractivity contribution in [2.24, 2.45) is 0 Å². The molecule has 0 N–H and O–H groups in total. The highest BCUT2D eigenvalue weighted by Crippen LogP contribution is 2.29. The van der Waals surface area contributed by atoms with Gasteiger partial charge in [0.25, 0.3) is 0 Å². The Balaban J connectivity index is 1.80. The van der Waals surface area contributed by atoms with E-state index < -0.39 is 0 Å². The van der Waals surface area contributed by atoms with E-state index in [1.165, 1.54) is 5.56 Å². The number of rotatable bonds is 2. The highest BCUT2D eigenvalue weighted by atomic mass is 32.1. The molecule has 20 heavy (non-hydrogen) atoms. The van der Waals surface area contributed by atoms with Crippen LogP contribution >= 0.6 is 11.3 Å². The van der Waals surface area contributed by atoms with Gasteiger partial charge in [0.05, 0.1) is 18.0 Å². The van der Waals surface area contributed by atoms with Gasteiger partial charge in [-0.25, -0.2) is 4.98 Å². The lowest BCUT2D eigenvalue weighted by Crippen LogP contribution is -2.42. The summed E-state index contributed by atoms with van der Waals surface area (Å²) in [4.78, 5) is 6.41. The van der Waals surface area contributed by atoms with E-state index in [1.54, 1.807) is 23.6 Å². The second-order valence-corrected chi connectivity index (χ2v) is 5.69. The third-order valence-electron chi connectivity index (χ3n) is 3.40. The molecule has 2 unspecified atom stereocenters. The number of nitriles is 1. The van der Waals surface area contributed by atoms with Gasteiger partial charge >= 0.3 is 0 Å². The molecule has 1 saturated heterocycles. The highest BCUT2D eigenvalue weighted by Gasteiger charge is 2.27. The minimum Gasteiger partial charge on any atom is -0.367 e. The van der Waals surface area contributed by atoms with Crippen LogP contribution in [0.2, 0.25) is 0 Å². The molecule has 0 saturated carbocycles. The van der Waals surface area contributed by atoms with Gasteiger partial charge in [-0.05, 0) is 41.4 Å². The molecule has 102 valence electrons. The summed E-state index contributed by atoms with van der Waals surface area (Å²) in [5, 5.41) is 13.0. The lowest BCUT2D eigenvalue weighted by Gasteiger charge is -2.37. The first-order valence-electron chi connectivity index (χ1n) is 6.55. The standard InChI is InChI=1S/C15H15N3OS/c1-11-8-18(14-3-2-13(6-16)17-7-14)9-15(19-11)12-4-5-20-10-12/h2-5,7,10-11,15H,8-9H2,1H3. The molecule has 2 aromatic rings. The van der Waals surface area contributed by atoms with Crippen molar-refractivity contribution in [2.75, 3.05) is 18.0 Å². The summed E-state index contributed by atoms with van der Waals surface area (Å²) in [6.07, 6.45) is 2.03. The fourth-order valence-electron chi connectivity index (χ4n) is 2.44. The predicted octanol–water partition coefficient (Wildman–Crippen LogP) is 2.98. The molecule has 0 spiro atoms. The molecule has 5 heteroatoms. The third-order valence-corrected chi connectivity index (χ3v) is 4.10. The normalized spacial score (nSPS) is 22.5. The van der Waals surface area contributed by atoms with Gasteiger partial charge < -0.3 is 9.64 Å². The molecule has 3 rings (SSSR count). The lowest BCUT2D eigenvalue weighted by molar-refractivity contribution is -0.0171. The summed E-state index contributed by atoms with van der Waals surface area (Å²) >= 11 is 1.69. The number of hydrogen-bond donors (Lipinski definition) is 0. The monoisotopic (exact) mass is 285 g/mol. The molecule has 0 bridgehead atoms. The molecule has 1 fully saturated rings. The first kappa shape index (κ1) is 13.1. The molecule has 0 radical (unpaired) electrons. The Morgan fingerprint density at radius 3 is 2.95 bits per heavy atom. The van der Waals surface area contributed by atoms with E-state index in [4.69, 9.17) is 10.00 Å². The first-order valence-corrected chi connectivity index (χ1v) is 7.49. The van der Waals surface area contributed by atoms with Crippen LogP contribution in [0.4, 0.5) is 5.69 Å². The number of ether oxygens (including phenoxy) is 1. The van der Waals surface area contributed by atoms with E-state index in [-0.39, 0.29) is 12.2 Å². The molecule has 4 nitrogen and oxygen atoms in total. The SMILES string of the molecule is CC1CN(c2ccc(C#N)nc2)CC(c2ccsc2)O1. The van der Waals surface area contributed by atoms with E-state index >= 15 is 0 Å². The Bertz CT molecular complexity index is 603. The van der Waals surface area contributed by atoms with Crippen molar-refractivity contribution in [1.29, 1.82) is 5.26 Å². The summed E-state index contributed by atoms with van der Waals surface area (Å²) in [6.45, 7) is 3.74. The van der Waals surface area contributed by atoms with Crippen molar-refractivity contribution in [3.05, 3.63) is 46.4 Å². The van der Waals surface area contributed by atoms with E-state index in [2.05, 4.69) is 33.6 Å². The molecule has 0 aromatic carbocycles. The Kier molecular flexibility index (Phi) is 3.68. The van der Waals surface area contributed by atoms with Crippen LogP contribution in [0, 0.1) is 11.3 Å². The van der Waals surface area contributed by atoms with Crippen LogP contribution in [0.5, 0.6) is 0 Å². The second kappa shape index (κ2) is 5.61. The third kappa shape index (κ3) is 2.67. The van der Waals surface area contributed by atoms with E-state index in [1.807, 2.05) is 12.1 Å². The van der Waals surface area contributed by atoms with Crippen molar-refractivity contribution in [3.63, 3.8) is 0 Å². The quantitative estimate of drug-likeness (QED) is 0.851. The van der Waals surface area contributed by atoms with Crippen LogP contribution < -0.4 is 4.90 Å². The topological polar surface area (TPSA) is 49.2 Å². The van der Waals surface area contributed by atoms with Crippen molar-refractivity contribution in [2.45, 2.75) is 19.1 Å². The number of pyridine rings is 1. The van der Waals surface area contributed by atoms with Crippen LogP contribution in [-0.2, 0) is 4.74 Å². The van der Waals surface area contributed by atoms with Gasteiger partial charge in [0, 0.05) is 13.1 Å². The molecule has 2 atom stereocenters. The molecule has 0 aliphatic carbocycles. The number of nitrogens with zero attached hydrogens (tertiary/aromatic N) is 3. The Hall–Kier alpha value is -1.90. The summed E-state index contributed by atoms with van der Waals surface area (Å²) in [5.74, 6) is 0. The Morgan fingerprint density at radius 1 is 1.40 bits per heavy atom. The van der Waals surface area contributed by atoms with Crippen LogP contribution in [0.15, 0.2) is 35.2 Å². The second-order valence-electron chi connectivity index (χ2n) is 4.91. The zero-order valence-corrected chi connectivity index (χ0v) is 12.0. The van der Waals surface area contributed by atoms with E-state index in [0.29, 0.717) is 5.69 Å². The van der Waals surface area contributed by atoms with Crippen LogP contribution in [0.1, 0.15) is 24.3 Å². The number of aromatic nitrogens is 1. The molecule has 3 heterocycles. The van der Waals surface area contributed by atoms with Gasteiger partial charge in [0.2, 0.25) is 0 Å². The Morgan fingerprint density at radius 2 is 2.30 bits per heavy atom. The number of thiophene rings is 1. The average Bonchev–Trinajstić information content (AvgIpc) is 3.01. The molecule has 1 aliphatic rings. The molecular weight excluding hydrogens is 270 g/mol. The lowest BCUT2D eigenvalue weighted by atomic mass is 10.1. The molecule has 0 amide bonds. The van der Waals surface area contributed by atoms with Gasteiger partial charge in [-0.3, -0.25) is 0 Å². The molecule has 1 aliphatic heterocycles. The fraction of sp³-hybridized carbons (Fsp3) is 0.333. The molecule has 2 aromatic heterocycles. The van der Waals surface area contributed by atoms with Crippen molar-refractivity contribution < 1.29 is 4.74 Å². The maximum Gasteiger partial charge on any atom is 0.140 e. The largest absolute Gasteiger partial charge is 0.367 e. The zero-order chi connectivity index (χ0) is 13.9. The van der Waals surface area contributed by atoms with E-state index in [9.17, 15) is 0 Å². The minimum atomic E-state index is 0.0978. The number of morpholine rings is 1. The zero-order valence-electron chi connectivity index (χ0n) is 11.2. The first-order chi connectivity index (χ1) is 9.76. The predicted molar refractivity (Wildman–Crippen MR) is 78.8 cm³/mol. The smallest absolute Gasteiger partial charge is 0.140 e. The number of anilines is 1. The van der Waals surface area contributed by atoms with Gasteiger partial charge in [0.15, 0.2) is 0 Å². The Labute approximate surface area is 122 Å². The van der Waals surface area contributed by atoms with Crippen LogP contribution in [-0.4, -0.2) is 24.2 Å². The van der Waals surface area contributed by atoms with Crippen LogP contribution in [0.25, 0.3) is 0 Å². The van der Waals surface area contributed by atoms with Gasteiger partial charge in [-0.1, -0.05) is 0 Å². The summed E-state index contributed by atoms with van der Waals surface area (Å²) < 4.78 is 6.02. The summed E-state index contributed by atoms with van der Waals surface area (Å²) in [6, 6.07) is 7.87. The minimum absolute atomic E-state index is 0.0978. The number of hydrogen-bond acceptors (Lipinski definition) is 5. The van der Waals surface area contributed by atoms with Gasteiger partial charge in [0.1, 0.15) is 17.9 Å². The van der Waals surface area contributed by atoms with E-state index in [0.717, 1.165) is 18.8 Å². The highest BCUT2D eigenvalue weighted by molar-refractivity contribution is 7.07. The van der Waals surface area contributed by atoms with Crippen molar-refractivity contribution >= 4 is 17.0 Å². The fourth-order valence-corrected chi connectivity index (χ4v) is 3.15. The van der Waals surface area contributed by atoms with Crippen LogP contribution in [0.3, 0.4) is 0 Å². The maximum absolute atomic E-state index is 8.80. The molecular formula is C15H15N3OS. The summed E-state index contributed by atoms with van der Waals surface area (Å²) in [7, 11) is 0. The van der Waals surface area contributed by atoms with Gasteiger partial charge in [-0.15, -0.1) is 0 Å². The van der Waals surface area contributed by atoms with Crippen molar-refractivity contribution in [3.8, 4) is 6.07 Å². The summed E-state index contributed by atoms with van der Waals surface area (Å²) in [5.41, 5.74) is 2.72. The van der Waals surface area contributed by atoms with Gasteiger partial charge in [-0.2, -0.15) is 16.6 Å². The van der Waals surface area contributed by atoms with Crippen molar-refractivity contribution in [1.82, 2.24) is 4.98 Å². The maximum atomic E-state index is 8.80. The average molecular weight is 285 g/mol.